The lowest BCUT2D eigenvalue weighted by Crippen LogP contribution is -2.11. The van der Waals surface area contributed by atoms with Crippen molar-refractivity contribution < 1.29 is 15.4 Å². The van der Waals surface area contributed by atoms with Gasteiger partial charge >= 0.3 is 0 Å². The molecule has 0 radical (unpaired) electrons. The number of furan rings is 1. The molecule has 0 atom stereocenters. The van der Waals surface area contributed by atoms with Gasteiger partial charge in [-0.15, -0.1) is 0 Å². The van der Waals surface area contributed by atoms with Gasteiger partial charge < -0.3 is 9.32 Å². The Morgan fingerprint density at radius 2 is 0.857 bits per heavy atom. The Labute approximate surface area is 336 Å². The minimum atomic E-state index is -0.406. The minimum absolute atomic E-state index is 0.110. The molecule has 0 aliphatic rings. The van der Waals surface area contributed by atoms with E-state index in [1.807, 2.05) is 140 Å². The van der Waals surface area contributed by atoms with Gasteiger partial charge in [0.2, 0.25) is 0 Å². The van der Waals surface area contributed by atoms with Crippen LogP contribution >= 0.6 is 0 Å². The molecule has 0 aliphatic heterocycles. The van der Waals surface area contributed by atoms with Gasteiger partial charge in [-0.3, -0.25) is 0 Å². The molecular weight excluding hydrogens is 679 g/mol. The van der Waals surface area contributed by atoms with E-state index in [2.05, 4.69) is 0 Å². The van der Waals surface area contributed by atoms with Crippen molar-refractivity contribution in [2.75, 3.05) is 4.90 Å². The molecule has 0 N–H and O–H groups in total. The summed E-state index contributed by atoms with van der Waals surface area (Å²) in [5, 5.41) is 7.01. The average molecular weight is 722 g/mol. The fraction of sp³-hybridized carbons (Fsp3) is 0. The predicted molar refractivity (Wildman–Crippen MR) is 237 cm³/mol. The van der Waals surface area contributed by atoms with E-state index in [0.717, 1.165) is 48.7 Å². The first kappa shape index (κ1) is 24.8. The van der Waals surface area contributed by atoms with E-state index >= 15 is 0 Å². The van der Waals surface area contributed by atoms with Crippen LogP contribution in [0.5, 0.6) is 0 Å². The van der Waals surface area contributed by atoms with E-state index in [1.54, 1.807) is 24.3 Å². The van der Waals surface area contributed by atoms with Crippen LogP contribution in [0.2, 0.25) is 0 Å². The molecule has 0 spiro atoms. The van der Waals surface area contributed by atoms with Crippen LogP contribution in [0, 0.1) is 0 Å². The van der Waals surface area contributed by atoms with Gasteiger partial charge in [-0.25, -0.2) is 0 Å². The molecule has 1 aromatic heterocycles. The summed E-state index contributed by atoms with van der Waals surface area (Å²) in [5.74, 6) is 0. The van der Waals surface area contributed by atoms with Crippen LogP contribution in [0.15, 0.2) is 217 Å². The largest absolute Gasteiger partial charge is 0.455 e. The molecule has 0 bridgehead atoms. The van der Waals surface area contributed by atoms with Gasteiger partial charge in [0.05, 0.1) is 16.7 Å². The maximum Gasteiger partial charge on any atom is 0.143 e. The Bertz CT molecular complexity index is 3530. The van der Waals surface area contributed by atoms with Crippen molar-refractivity contribution in [2.45, 2.75) is 0 Å². The molecule has 0 amide bonds. The first-order chi connectivity index (χ1) is 31.1. The van der Waals surface area contributed by atoms with Gasteiger partial charge in [0.1, 0.15) is 11.2 Å². The first-order valence-corrected chi connectivity index (χ1v) is 18.5. The summed E-state index contributed by atoms with van der Waals surface area (Å²) in [4.78, 5) is 1.39. The fourth-order valence-electron chi connectivity index (χ4n) is 7.93. The number of nitrogens with zero attached hydrogens (tertiary/aromatic N) is 1. The number of fused-ring (bicyclic) bond motifs is 7. The third-order valence-electron chi connectivity index (χ3n) is 10.6. The third-order valence-corrected chi connectivity index (χ3v) is 10.6. The summed E-state index contributed by atoms with van der Waals surface area (Å²) in [6, 6.07) is 48.5. The number of para-hydroxylation sites is 2. The number of hydrogen-bond acceptors (Lipinski definition) is 2. The smallest absolute Gasteiger partial charge is 0.143 e. The van der Waals surface area contributed by atoms with E-state index < -0.39 is 24.2 Å². The summed E-state index contributed by atoms with van der Waals surface area (Å²) in [6.45, 7) is 0. The molecular formula is C54H35NO. The number of hydrogen-bond donors (Lipinski definition) is 0. The van der Waals surface area contributed by atoms with Gasteiger partial charge in [-0.1, -0.05) is 164 Å². The summed E-state index contributed by atoms with van der Waals surface area (Å²) < 4.78 is 83.6. The summed E-state index contributed by atoms with van der Waals surface area (Å²) >= 11 is 0. The van der Waals surface area contributed by atoms with Crippen molar-refractivity contribution in [3.63, 3.8) is 0 Å². The second-order valence-corrected chi connectivity index (χ2v) is 13.8. The minimum Gasteiger partial charge on any atom is -0.455 e. The summed E-state index contributed by atoms with van der Waals surface area (Å²) in [5.41, 5.74) is 3.95. The number of rotatable bonds is 6. The number of benzene rings is 10. The Kier molecular flexibility index (Phi) is 5.83. The molecule has 2 nitrogen and oxygen atoms in total. The van der Waals surface area contributed by atoms with Gasteiger partial charge in [0.25, 0.3) is 0 Å². The van der Waals surface area contributed by atoms with Crippen molar-refractivity contribution in [2.24, 2.45) is 0 Å². The maximum absolute atomic E-state index is 9.74. The molecule has 10 aromatic carbocycles. The van der Waals surface area contributed by atoms with Crippen molar-refractivity contribution >= 4 is 71.3 Å². The molecule has 2 heteroatoms. The van der Waals surface area contributed by atoms with Crippen LogP contribution in [0.25, 0.3) is 87.6 Å². The van der Waals surface area contributed by atoms with Crippen molar-refractivity contribution in [1.29, 1.82) is 0 Å². The van der Waals surface area contributed by atoms with Crippen molar-refractivity contribution in [3.8, 4) is 33.4 Å². The molecule has 56 heavy (non-hydrogen) atoms. The van der Waals surface area contributed by atoms with Crippen LogP contribution in [0.1, 0.15) is 11.0 Å². The molecule has 0 fully saturated rings. The third kappa shape index (κ3) is 5.34. The van der Waals surface area contributed by atoms with Crippen molar-refractivity contribution in [3.05, 3.63) is 212 Å². The van der Waals surface area contributed by atoms with Crippen LogP contribution in [-0.2, 0) is 0 Å². The zero-order chi connectivity index (χ0) is 44.0. The molecule has 0 aliphatic carbocycles. The highest BCUT2D eigenvalue weighted by Gasteiger charge is 2.19. The van der Waals surface area contributed by atoms with E-state index in [4.69, 9.17) is 4.42 Å². The van der Waals surface area contributed by atoms with E-state index in [0.29, 0.717) is 33.5 Å². The second-order valence-electron chi connectivity index (χ2n) is 13.8. The molecule has 262 valence electrons. The highest BCUT2D eigenvalue weighted by Crippen LogP contribution is 2.44. The lowest BCUT2D eigenvalue weighted by atomic mass is 9.96. The van der Waals surface area contributed by atoms with Gasteiger partial charge in [-0.2, -0.15) is 0 Å². The van der Waals surface area contributed by atoms with Crippen molar-refractivity contribution in [1.82, 2.24) is 0 Å². The lowest BCUT2D eigenvalue weighted by Gasteiger charge is -2.28. The second kappa shape index (κ2) is 13.2. The highest BCUT2D eigenvalue weighted by molar-refractivity contribution is 6.15. The van der Waals surface area contributed by atoms with Gasteiger partial charge in [0, 0.05) is 33.1 Å². The maximum atomic E-state index is 9.74. The summed E-state index contributed by atoms with van der Waals surface area (Å²) in [7, 11) is 0. The van der Waals surface area contributed by atoms with Crippen LogP contribution in [0.3, 0.4) is 0 Å². The Morgan fingerprint density at radius 3 is 1.52 bits per heavy atom. The van der Waals surface area contributed by atoms with E-state index in [1.165, 1.54) is 4.90 Å². The molecule has 0 saturated heterocycles. The van der Waals surface area contributed by atoms with Crippen LogP contribution in [0.4, 0.5) is 17.1 Å². The first-order valence-electron chi connectivity index (χ1n) is 22.5. The quantitative estimate of drug-likeness (QED) is 0.170. The zero-order valence-corrected chi connectivity index (χ0v) is 29.9. The molecule has 11 aromatic rings. The summed E-state index contributed by atoms with van der Waals surface area (Å²) in [6.07, 6.45) is 0. The SMILES string of the molecule is [2H]c1c([2H])c(N(c2ccccc2-c2ccc3ccc4c5ccccc5oc4c3c2)c2c([2H])c([2H])c(-c3cccc4ccccc34)c([2H])c2[2H])c([2H])c([2H])c1-c1cccc2ccccc12. The zero-order valence-electron chi connectivity index (χ0n) is 37.9. The topological polar surface area (TPSA) is 16.4 Å². The van der Waals surface area contributed by atoms with Gasteiger partial charge in [0.15, 0.2) is 0 Å². The van der Waals surface area contributed by atoms with Crippen LogP contribution in [-0.4, -0.2) is 0 Å². The van der Waals surface area contributed by atoms with Gasteiger partial charge in [-0.05, 0) is 103 Å². The molecule has 0 unspecified atom stereocenters. The van der Waals surface area contributed by atoms with Crippen LogP contribution < -0.4 is 4.90 Å². The molecule has 11 rings (SSSR count). The Balaban J connectivity index is 1.20. The number of anilines is 3. The standard InChI is InChI=1S/C54H35NO/c1-3-15-44-36(11-1)13-9-19-46(44)38-25-30-42(31-26-38)55(43-32-27-39(28-33-43)47-20-10-14-37-12-2-4-16-45(37)47)52-21-7-5-17-48(52)41-24-23-40-29-34-50-49-18-6-8-22-53(49)56-54(50)51(40)35-41/h1-35H/i25D,26D,27D,28D,30D,31D,32D,33D. The fourth-order valence-corrected chi connectivity index (χ4v) is 7.93. The average Bonchev–Trinajstić information content (AvgIpc) is 3.72. The normalized spacial score (nSPS) is 13.6. The highest BCUT2D eigenvalue weighted by atomic mass is 16.3. The Hall–Kier alpha value is -7.42. The predicted octanol–water partition coefficient (Wildman–Crippen LogP) is 15.5. The van der Waals surface area contributed by atoms with E-state index in [9.17, 15) is 11.0 Å². The lowest BCUT2D eigenvalue weighted by molar-refractivity contribution is 0.672. The molecule has 1 heterocycles. The Morgan fingerprint density at radius 1 is 0.357 bits per heavy atom. The molecule has 0 saturated carbocycles. The monoisotopic (exact) mass is 721 g/mol. The van der Waals surface area contributed by atoms with E-state index in [-0.39, 0.29) is 46.7 Å².